The van der Waals surface area contributed by atoms with E-state index in [1.54, 1.807) is 4.57 Å². The van der Waals surface area contributed by atoms with Crippen LogP contribution < -0.4 is 24.5 Å². The van der Waals surface area contributed by atoms with Crippen molar-refractivity contribution in [3.05, 3.63) is 125 Å². The maximum atomic E-state index is 14.1. The second-order valence-corrected chi connectivity index (χ2v) is 11.5. The number of fused-ring (bicyclic) bond motifs is 1. The van der Waals surface area contributed by atoms with Gasteiger partial charge in [-0.3, -0.25) is 9.36 Å². The molecule has 1 aliphatic heterocycles. The van der Waals surface area contributed by atoms with Crippen molar-refractivity contribution in [1.82, 2.24) is 4.57 Å². The maximum Gasteiger partial charge on any atom is 0.338 e. The summed E-state index contributed by atoms with van der Waals surface area (Å²) in [4.78, 5) is 34.7. The van der Waals surface area contributed by atoms with Gasteiger partial charge in [0.05, 0.1) is 29.0 Å². The Morgan fingerprint density at radius 2 is 1.77 bits per heavy atom. The molecule has 5 rings (SSSR count). The highest BCUT2D eigenvalue weighted by molar-refractivity contribution is 7.07. The lowest BCUT2D eigenvalue weighted by Crippen LogP contribution is -2.40. The van der Waals surface area contributed by atoms with Gasteiger partial charge >= 0.3 is 5.97 Å². The van der Waals surface area contributed by atoms with E-state index in [9.17, 15) is 9.59 Å². The molecule has 0 amide bonds. The topological polar surface area (TPSA) is 73.1 Å². The molecule has 4 aromatic rings. The van der Waals surface area contributed by atoms with Crippen LogP contribution in [0.15, 0.2) is 93.9 Å². The Hall–Kier alpha value is -4.14. The summed E-state index contributed by atoms with van der Waals surface area (Å²) in [6.07, 6.45) is 2.37. The first-order chi connectivity index (χ1) is 20.9. The van der Waals surface area contributed by atoms with Crippen molar-refractivity contribution in [2.75, 3.05) is 25.1 Å². The molecule has 0 unspecified atom stereocenters. The normalized spacial score (nSPS) is 14.7. The van der Waals surface area contributed by atoms with Crippen molar-refractivity contribution < 1.29 is 14.3 Å². The number of carbonyl (C=O) groups is 1. The minimum absolute atomic E-state index is 0.231. The van der Waals surface area contributed by atoms with Gasteiger partial charge in [0.25, 0.3) is 5.56 Å². The highest BCUT2D eigenvalue weighted by Crippen LogP contribution is 2.32. The van der Waals surface area contributed by atoms with E-state index in [2.05, 4.69) is 18.7 Å². The van der Waals surface area contributed by atoms with E-state index in [0.717, 1.165) is 35.5 Å². The molecule has 0 fully saturated rings. The number of allylic oxidation sites excluding steroid dienone is 1. The summed E-state index contributed by atoms with van der Waals surface area (Å²) in [5.74, 6) is 0.169. The zero-order valence-electron chi connectivity index (χ0n) is 24.7. The monoisotopic (exact) mass is 615 g/mol. The SMILES string of the molecule is CCC1=C(C(=O)OC)[C@@H](c2ccccc2)n2c(s/c(=C/c3ccc(N(CC)CC)cc3OCc3ccc(Cl)cc3)c2=O)=N1. The number of benzene rings is 3. The molecule has 0 N–H and O–H groups in total. The molecule has 43 heavy (non-hydrogen) atoms. The number of methoxy groups -OCH3 is 1. The Balaban J connectivity index is 1.65. The molecule has 1 aromatic heterocycles. The molecular weight excluding hydrogens is 582 g/mol. The van der Waals surface area contributed by atoms with Gasteiger partial charge in [0.1, 0.15) is 12.4 Å². The van der Waals surface area contributed by atoms with Crippen LogP contribution in [0.4, 0.5) is 5.69 Å². The molecule has 3 aromatic carbocycles. The van der Waals surface area contributed by atoms with Crippen molar-refractivity contribution in [2.45, 2.75) is 39.8 Å². The molecule has 0 saturated carbocycles. The van der Waals surface area contributed by atoms with Gasteiger partial charge in [0.2, 0.25) is 0 Å². The van der Waals surface area contributed by atoms with Crippen LogP contribution in [0.1, 0.15) is 49.9 Å². The summed E-state index contributed by atoms with van der Waals surface area (Å²) in [5.41, 5.74) is 4.36. The fraction of sp³-hybridized carbons (Fsp3) is 0.265. The Morgan fingerprint density at radius 1 is 1.05 bits per heavy atom. The van der Waals surface area contributed by atoms with Crippen molar-refractivity contribution in [1.29, 1.82) is 0 Å². The molecule has 1 aliphatic rings. The average Bonchev–Trinajstić information content (AvgIpc) is 3.35. The average molecular weight is 616 g/mol. The van der Waals surface area contributed by atoms with E-state index in [1.807, 2.05) is 85.8 Å². The van der Waals surface area contributed by atoms with Gasteiger partial charge in [0.15, 0.2) is 4.80 Å². The Labute approximate surface area is 260 Å². The van der Waals surface area contributed by atoms with E-state index in [0.29, 0.717) is 44.4 Å². The Bertz CT molecular complexity index is 1820. The van der Waals surface area contributed by atoms with Gasteiger partial charge in [-0.15, -0.1) is 0 Å². The summed E-state index contributed by atoms with van der Waals surface area (Å²) in [7, 11) is 1.35. The van der Waals surface area contributed by atoms with Crippen molar-refractivity contribution in [3.8, 4) is 5.75 Å². The van der Waals surface area contributed by atoms with Gasteiger partial charge < -0.3 is 14.4 Å². The number of carbonyl (C=O) groups excluding carboxylic acids is 1. The number of esters is 1. The number of aromatic nitrogens is 1. The summed E-state index contributed by atoms with van der Waals surface area (Å²) in [5, 5.41) is 0.665. The number of hydrogen-bond acceptors (Lipinski definition) is 7. The van der Waals surface area contributed by atoms with Crippen LogP contribution in [0.5, 0.6) is 5.75 Å². The van der Waals surface area contributed by atoms with Crippen LogP contribution in [0.25, 0.3) is 6.08 Å². The lowest BCUT2D eigenvalue weighted by Gasteiger charge is -2.25. The predicted octanol–water partition coefficient (Wildman–Crippen LogP) is 5.88. The number of hydrogen-bond donors (Lipinski definition) is 0. The first-order valence-electron chi connectivity index (χ1n) is 14.3. The molecule has 0 saturated heterocycles. The number of halogens is 1. The molecule has 7 nitrogen and oxygen atoms in total. The van der Waals surface area contributed by atoms with Gasteiger partial charge in [0, 0.05) is 35.4 Å². The summed E-state index contributed by atoms with van der Waals surface area (Å²) in [6, 6.07) is 22.5. The fourth-order valence-electron chi connectivity index (χ4n) is 5.25. The summed E-state index contributed by atoms with van der Waals surface area (Å²) in [6.45, 7) is 8.22. The molecule has 222 valence electrons. The maximum absolute atomic E-state index is 14.1. The molecule has 0 spiro atoms. The van der Waals surface area contributed by atoms with Crippen LogP contribution in [-0.2, 0) is 16.1 Å². The van der Waals surface area contributed by atoms with Crippen LogP contribution >= 0.6 is 22.9 Å². The first-order valence-corrected chi connectivity index (χ1v) is 15.5. The lowest BCUT2D eigenvalue weighted by atomic mass is 9.95. The fourth-order valence-corrected chi connectivity index (χ4v) is 6.39. The third kappa shape index (κ3) is 6.31. The number of ether oxygens (including phenoxy) is 2. The largest absolute Gasteiger partial charge is 0.488 e. The first kappa shape index (κ1) is 30.3. The minimum Gasteiger partial charge on any atom is -0.488 e. The highest BCUT2D eigenvalue weighted by Gasteiger charge is 2.33. The predicted molar refractivity (Wildman–Crippen MR) is 173 cm³/mol. The Morgan fingerprint density at radius 3 is 2.42 bits per heavy atom. The quantitative estimate of drug-likeness (QED) is 0.209. The molecule has 2 heterocycles. The Kier molecular flexibility index (Phi) is 9.48. The van der Waals surface area contributed by atoms with E-state index in [4.69, 9.17) is 26.1 Å². The highest BCUT2D eigenvalue weighted by atomic mass is 35.5. The summed E-state index contributed by atoms with van der Waals surface area (Å²) < 4.78 is 13.6. The van der Waals surface area contributed by atoms with E-state index in [-0.39, 0.29) is 5.56 Å². The van der Waals surface area contributed by atoms with Crippen LogP contribution in [-0.4, -0.2) is 30.7 Å². The van der Waals surface area contributed by atoms with E-state index >= 15 is 0 Å². The lowest BCUT2D eigenvalue weighted by molar-refractivity contribution is -0.136. The van der Waals surface area contributed by atoms with Crippen molar-refractivity contribution >= 4 is 40.7 Å². The van der Waals surface area contributed by atoms with Crippen molar-refractivity contribution in [3.63, 3.8) is 0 Å². The third-order valence-corrected chi connectivity index (χ3v) is 8.72. The number of nitrogens with zero attached hydrogens (tertiary/aromatic N) is 3. The van der Waals surface area contributed by atoms with E-state index < -0.39 is 12.0 Å². The van der Waals surface area contributed by atoms with Crippen molar-refractivity contribution in [2.24, 2.45) is 4.99 Å². The number of anilines is 1. The zero-order valence-corrected chi connectivity index (χ0v) is 26.2. The van der Waals surface area contributed by atoms with Gasteiger partial charge in [-0.2, -0.15) is 0 Å². The van der Waals surface area contributed by atoms with Gasteiger partial charge in [-0.1, -0.05) is 72.3 Å². The second-order valence-electron chi connectivity index (χ2n) is 10.0. The molecule has 0 aliphatic carbocycles. The third-order valence-electron chi connectivity index (χ3n) is 7.49. The van der Waals surface area contributed by atoms with Gasteiger partial charge in [-0.25, -0.2) is 9.79 Å². The van der Waals surface area contributed by atoms with Crippen LogP contribution in [0, 0.1) is 0 Å². The summed E-state index contributed by atoms with van der Waals surface area (Å²) >= 11 is 7.38. The standard InChI is InChI=1S/C34H34ClN3O4S/c1-5-27-30(33(40)41-4)31(23-11-9-8-10-12-23)38-32(39)29(43-34(38)36-27)19-24-15-18-26(37(6-2)7-3)20-28(24)42-21-22-13-16-25(35)17-14-22/h8-20,31H,5-7,21H2,1-4H3/b29-19+/t31-/m1/s1. The number of thiazole rings is 1. The zero-order chi connectivity index (χ0) is 30.5. The smallest absolute Gasteiger partial charge is 0.338 e. The van der Waals surface area contributed by atoms with Crippen LogP contribution in [0.2, 0.25) is 5.02 Å². The number of rotatable bonds is 10. The second kappa shape index (κ2) is 13.4. The minimum atomic E-state index is -0.646. The molecular formula is C34H34ClN3O4S. The molecule has 0 bridgehead atoms. The van der Waals surface area contributed by atoms with Gasteiger partial charge in [-0.05, 0) is 61.7 Å². The molecule has 0 radical (unpaired) electrons. The molecule has 9 heteroatoms. The molecule has 1 atom stereocenters. The van der Waals surface area contributed by atoms with Crippen LogP contribution in [0.3, 0.4) is 0 Å². The van der Waals surface area contributed by atoms with E-state index in [1.165, 1.54) is 18.4 Å².